The van der Waals surface area contributed by atoms with Gasteiger partial charge in [-0.05, 0) is 19.3 Å². The fraction of sp³-hybridized carbons (Fsp3) is 0.900. The average molecular weight is 260 g/mol. The molecule has 0 aliphatic heterocycles. The van der Waals surface area contributed by atoms with Gasteiger partial charge >= 0.3 is 6.18 Å². The highest BCUT2D eigenvalue weighted by atomic mass is 32.2. The van der Waals surface area contributed by atoms with Gasteiger partial charge in [0.15, 0.2) is 5.12 Å². The maximum Gasteiger partial charge on any atom is 0.389 e. The van der Waals surface area contributed by atoms with Crippen molar-refractivity contribution in [2.45, 2.75) is 51.4 Å². The van der Waals surface area contributed by atoms with E-state index in [9.17, 15) is 22.4 Å². The Kier molecular flexibility index (Phi) is 7.80. The van der Waals surface area contributed by atoms with Crippen molar-refractivity contribution in [1.29, 1.82) is 0 Å². The van der Waals surface area contributed by atoms with Gasteiger partial charge in [-0.1, -0.05) is 18.7 Å². The molecule has 6 heteroatoms. The van der Waals surface area contributed by atoms with Gasteiger partial charge in [-0.3, -0.25) is 4.79 Å². The Balaban J connectivity index is 3.45. The fourth-order valence-corrected chi connectivity index (χ4v) is 1.88. The first-order chi connectivity index (χ1) is 7.35. The van der Waals surface area contributed by atoms with Crippen LogP contribution in [-0.2, 0) is 4.79 Å². The molecule has 0 aromatic rings. The number of thioether (sulfide) groups is 1. The predicted octanol–water partition coefficient (Wildman–Crippen LogP) is 4.12. The summed E-state index contributed by atoms with van der Waals surface area (Å²) in [6, 6.07) is 0. The van der Waals surface area contributed by atoms with Crippen LogP contribution in [0.1, 0.15) is 39.0 Å². The number of carbonyl (C=O) groups excluding carboxylic acids is 1. The molecule has 1 unspecified atom stereocenters. The summed E-state index contributed by atoms with van der Waals surface area (Å²) in [5, 5.41) is -0.0116. The van der Waals surface area contributed by atoms with Crippen molar-refractivity contribution in [1.82, 2.24) is 0 Å². The van der Waals surface area contributed by atoms with Crippen LogP contribution in [-0.4, -0.2) is 23.2 Å². The molecule has 0 aliphatic carbocycles. The van der Waals surface area contributed by atoms with Crippen LogP contribution in [0, 0.1) is 0 Å². The summed E-state index contributed by atoms with van der Waals surface area (Å²) in [6.45, 7) is 1.71. The first kappa shape index (κ1) is 15.7. The predicted molar refractivity (Wildman–Crippen MR) is 57.2 cm³/mol. The molecule has 0 saturated carbocycles. The maximum atomic E-state index is 13.0. The SMILES string of the molecule is CCC(=O)SCCC(F)CCCC(F)(F)F. The van der Waals surface area contributed by atoms with E-state index in [4.69, 9.17) is 0 Å². The van der Waals surface area contributed by atoms with Crippen molar-refractivity contribution in [3.63, 3.8) is 0 Å². The third-order valence-corrected chi connectivity index (χ3v) is 3.01. The molecule has 0 radical (unpaired) electrons. The Bertz CT molecular complexity index is 205. The first-order valence-corrected chi connectivity index (χ1v) is 6.20. The minimum atomic E-state index is -4.20. The van der Waals surface area contributed by atoms with E-state index >= 15 is 0 Å². The first-order valence-electron chi connectivity index (χ1n) is 5.21. The number of alkyl halides is 4. The third kappa shape index (κ3) is 10.3. The molecule has 0 N–H and O–H groups in total. The third-order valence-electron chi connectivity index (χ3n) is 1.96. The van der Waals surface area contributed by atoms with E-state index in [-0.39, 0.29) is 24.4 Å². The molecule has 0 bridgehead atoms. The van der Waals surface area contributed by atoms with E-state index < -0.39 is 18.8 Å². The molecule has 0 amide bonds. The largest absolute Gasteiger partial charge is 0.389 e. The van der Waals surface area contributed by atoms with Crippen LogP contribution >= 0.6 is 11.8 Å². The van der Waals surface area contributed by atoms with Gasteiger partial charge in [0, 0.05) is 18.6 Å². The summed E-state index contributed by atoms with van der Waals surface area (Å²) in [4.78, 5) is 10.8. The zero-order valence-corrected chi connectivity index (χ0v) is 9.96. The van der Waals surface area contributed by atoms with Gasteiger partial charge in [0.25, 0.3) is 0 Å². The van der Waals surface area contributed by atoms with Crippen LogP contribution < -0.4 is 0 Å². The summed E-state index contributed by atoms with van der Waals surface area (Å²) in [7, 11) is 0. The molecule has 0 rings (SSSR count). The van der Waals surface area contributed by atoms with Crippen LogP contribution in [0.25, 0.3) is 0 Å². The molecule has 0 aromatic carbocycles. The summed E-state index contributed by atoms with van der Waals surface area (Å²) >= 11 is 1.04. The molecular formula is C10H16F4OS. The summed E-state index contributed by atoms with van der Waals surface area (Å²) in [5.41, 5.74) is 0. The van der Waals surface area contributed by atoms with Gasteiger partial charge in [-0.15, -0.1) is 0 Å². The zero-order valence-electron chi connectivity index (χ0n) is 9.15. The highest BCUT2D eigenvalue weighted by molar-refractivity contribution is 8.13. The van der Waals surface area contributed by atoms with Crippen LogP contribution in [0.4, 0.5) is 17.6 Å². The van der Waals surface area contributed by atoms with E-state index in [0.717, 1.165) is 11.8 Å². The molecule has 16 heavy (non-hydrogen) atoms. The quantitative estimate of drug-likeness (QED) is 0.640. The highest BCUT2D eigenvalue weighted by Gasteiger charge is 2.26. The van der Waals surface area contributed by atoms with E-state index in [1.54, 1.807) is 6.92 Å². The van der Waals surface area contributed by atoms with Gasteiger partial charge in [0.2, 0.25) is 0 Å². The average Bonchev–Trinajstić information content (AvgIpc) is 2.15. The van der Waals surface area contributed by atoms with Crippen molar-refractivity contribution in [3.8, 4) is 0 Å². The second-order valence-electron chi connectivity index (χ2n) is 3.47. The van der Waals surface area contributed by atoms with Crippen molar-refractivity contribution in [2.75, 3.05) is 5.75 Å². The van der Waals surface area contributed by atoms with E-state index in [2.05, 4.69) is 0 Å². The molecule has 0 aromatic heterocycles. The minimum Gasteiger partial charge on any atom is -0.287 e. The fourth-order valence-electron chi connectivity index (χ4n) is 1.07. The molecule has 0 spiro atoms. The standard InChI is InChI=1S/C10H16F4OS/c1-2-9(15)16-7-5-8(11)4-3-6-10(12,13)14/h8H,2-7H2,1H3. The highest BCUT2D eigenvalue weighted by Crippen LogP contribution is 2.24. The Morgan fingerprint density at radius 2 is 1.94 bits per heavy atom. The van der Waals surface area contributed by atoms with Crippen molar-refractivity contribution in [2.24, 2.45) is 0 Å². The molecule has 0 heterocycles. The molecule has 1 atom stereocenters. The summed E-state index contributed by atoms with van der Waals surface area (Å²) < 4.78 is 48.3. The molecular weight excluding hydrogens is 244 g/mol. The monoisotopic (exact) mass is 260 g/mol. The van der Waals surface area contributed by atoms with Gasteiger partial charge in [-0.25, -0.2) is 4.39 Å². The molecule has 1 nitrogen and oxygen atoms in total. The van der Waals surface area contributed by atoms with E-state index in [1.165, 1.54) is 0 Å². The molecule has 0 fully saturated rings. The van der Waals surface area contributed by atoms with Gasteiger partial charge in [-0.2, -0.15) is 13.2 Å². The summed E-state index contributed by atoms with van der Waals surface area (Å²) in [6.07, 6.45) is -6.10. The van der Waals surface area contributed by atoms with Crippen LogP contribution in [0.3, 0.4) is 0 Å². The number of rotatable bonds is 7. The lowest BCUT2D eigenvalue weighted by molar-refractivity contribution is -0.136. The summed E-state index contributed by atoms with van der Waals surface area (Å²) in [5.74, 6) is 0.347. The Morgan fingerprint density at radius 1 is 1.31 bits per heavy atom. The minimum absolute atomic E-state index is 0.0116. The van der Waals surface area contributed by atoms with Gasteiger partial charge in [0.1, 0.15) is 6.17 Å². The van der Waals surface area contributed by atoms with Crippen molar-refractivity contribution < 1.29 is 22.4 Å². The smallest absolute Gasteiger partial charge is 0.287 e. The lowest BCUT2D eigenvalue weighted by atomic mass is 10.1. The lowest BCUT2D eigenvalue weighted by Gasteiger charge is -2.09. The second-order valence-corrected chi connectivity index (χ2v) is 4.62. The van der Waals surface area contributed by atoms with Crippen molar-refractivity contribution >= 4 is 16.9 Å². The molecule has 0 saturated heterocycles. The van der Waals surface area contributed by atoms with Gasteiger partial charge < -0.3 is 0 Å². The Hall–Kier alpha value is -0.260. The number of hydrogen-bond acceptors (Lipinski definition) is 2. The number of hydrogen-bond donors (Lipinski definition) is 0. The van der Waals surface area contributed by atoms with Crippen molar-refractivity contribution in [3.05, 3.63) is 0 Å². The number of carbonyl (C=O) groups is 1. The van der Waals surface area contributed by atoms with Gasteiger partial charge in [0.05, 0.1) is 0 Å². The zero-order chi connectivity index (χ0) is 12.6. The normalized spacial score (nSPS) is 13.8. The van der Waals surface area contributed by atoms with E-state index in [1.807, 2.05) is 0 Å². The Morgan fingerprint density at radius 3 is 2.44 bits per heavy atom. The molecule has 0 aliphatic rings. The lowest BCUT2D eigenvalue weighted by Crippen LogP contribution is -2.09. The van der Waals surface area contributed by atoms with Crippen LogP contribution in [0.5, 0.6) is 0 Å². The maximum absolute atomic E-state index is 13.0. The molecule has 96 valence electrons. The van der Waals surface area contributed by atoms with Crippen LogP contribution in [0.15, 0.2) is 0 Å². The topological polar surface area (TPSA) is 17.1 Å². The van der Waals surface area contributed by atoms with E-state index in [0.29, 0.717) is 12.2 Å². The number of halogens is 4. The Labute approximate surface area is 97.0 Å². The van der Waals surface area contributed by atoms with Crippen LogP contribution in [0.2, 0.25) is 0 Å². The second kappa shape index (κ2) is 7.92.